The van der Waals surface area contributed by atoms with Crippen molar-refractivity contribution in [3.63, 3.8) is 0 Å². The van der Waals surface area contributed by atoms with E-state index in [1.54, 1.807) is 12.1 Å². The van der Waals surface area contributed by atoms with Crippen LogP contribution in [0.25, 0.3) is 0 Å². The third-order valence-corrected chi connectivity index (χ3v) is 1.95. The Kier molecular flexibility index (Phi) is 7.25. The number of rotatable bonds is 2. The van der Waals surface area contributed by atoms with Gasteiger partial charge >= 0.3 is 28.6 Å². The summed E-state index contributed by atoms with van der Waals surface area (Å²) in [5.74, 6) is 0. The van der Waals surface area contributed by atoms with Gasteiger partial charge in [-0.25, -0.2) is 0 Å². The molecule has 1 rings (SSSR count). The van der Waals surface area contributed by atoms with Crippen LogP contribution in [0.15, 0.2) is 18.2 Å². The molecule has 6 nitrogen and oxygen atoms in total. The summed E-state index contributed by atoms with van der Waals surface area (Å²) in [6, 6.07) is 5.42. The minimum absolute atomic E-state index is 0.172. The van der Waals surface area contributed by atoms with Gasteiger partial charge in [0.2, 0.25) is 0 Å². The summed E-state index contributed by atoms with van der Waals surface area (Å²) in [7, 11) is 0. The molecule has 0 unspecified atom stereocenters. The summed E-state index contributed by atoms with van der Waals surface area (Å²) >= 11 is -3.71. The molecule has 4 N–H and O–H groups in total. The van der Waals surface area contributed by atoms with Crippen LogP contribution < -0.4 is 5.23 Å². The third-order valence-electron chi connectivity index (χ3n) is 1.95. The quantitative estimate of drug-likeness (QED) is 0.548. The van der Waals surface area contributed by atoms with Crippen LogP contribution in [0.5, 0.6) is 0 Å². The molecule has 0 amide bonds. The zero-order valence-corrected chi connectivity index (χ0v) is 11.7. The summed E-state index contributed by atoms with van der Waals surface area (Å²) in [5, 5.41) is 17.9. The van der Waals surface area contributed by atoms with Crippen molar-refractivity contribution in [1.29, 1.82) is 0 Å². The summed E-state index contributed by atoms with van der Waals surface area (Å²) in [6.07, 6.45) is 0.791. The van der Waals surface area contributed by atoms with Crippen molar-refractivity contribution in [2.24, 2.45) is 0 Å². The van der Waals surface area contributed by atoms with Gasteiger partial charge in [-0.2, -0.15) is 0 Å². The molecule has 0 aromatic heterocycles. The molecule has 0 saturated heterocycles. The summed E-state index contributed by atoms with van der Waals surface area (Å²) in [6.45, 7) is 3.93. The summed E-state index contributed by atoms with van der Waals surface area (Å²) in [4.78, 5) is 0. The van der Waals surface area contributed by atoms with E-state index in [9.17, 15) is 0 Å². The Morgan fingerprint density at radius 2 is 1.81 bits per heavy atom. The van der Waals surface area contributed by atoms with Crippen molar-refractivity contribution in [3.8, 4) is 0 Å². The molecular weight excluding hydrogens is 388 g/mol. The average Bonchev–Trinajstić information content (AvgIpc) is 2.16. The topological polar surface area (TPSA) is 101 Å². The molecule has 16 heavy (non-hydrogen) atoms. The second-order valence-electron chi connectivity index (χ2n) is 2.93. The SMILES string of the molecule is CCc1c(C)cccc1N(O)O.[O]=[Re]([OH])[OH]. The molecule has 93 valence electrons. The van der Waals surface area contributed by atoms with E-state index in [0.29, 0.717) is 5.69 Å². The van der Waals surface area contributed by atoms with Crippen LogP contribution in [0.2, 0.25) is 0 Å². The van der Waals surface area contributed by atoms with Gasteiger partial charge in [-0.1, -0.05) is 19.1 Å². The Morgan fingerprint density at radius 1 is 1.31 bits per heavy atom. The summed E-state index contributed by atoms with van der Waals surface area (Å²) < 4.78 is 23.3. The fraction of sp³-hybridized carbons (Fsp3) is 0.333. The maximum absolute atomic E-state index is 8.85. The van der Waals surface area contributed by atoms with Gasteiger partial charge in [0.05, 0.1) is 5.69 Å². The first-order valence-electron chi connectivity index (χ1n) is 4.42. The number of nitrogens with zero attached hydrogens (tertiary/aromatic N) is 1. The molecule has 0 bridgehead atoms. The van der Waals surface area contributed by atoms with E-state index in [-0.39, 0.29) is 5.23 Å². The Morgan fingerprint density at radius 3 is 2.12 bits per heavy atom. The molecule has 0 radical (unpaired) electrons. The van der Waals surface area contributed by atoms with E-state index in [2.05, 4.69) is 0 Å². The van der Waals surface area contributed by atoms with Crippen molar-refractivity contribution in [2.45, 2.75) is 20.3 Å². The first-order chi connectivity index (χ1) is 7.40. The minimum atomic E-state index is -3.71. The molecule has 0 aliphatic carbocycles. The molecule has 0 fully saturated rings. The molecule has 0 atom stereocenters. The van der Waals surface area contributed by atoms with Crippen LogP contribution in [0.3, 0.4) is 0 Å². The number of aryl methyl sites for hydroxylation is 1. The third kappa shape index (κ3) is 5.42. The fourth-order valence-corrected chi connectivity index (χ4v) is 1.33. The van der Waals surface area contributed by atoms with Gasteiger partial charge in [0.15, 0.2) is 0 Å². The summed E-state index contributed by atoms with van der Waals surface area (Å²) in [5.41, 5.74) is 2.49. The van der Waals surface area contributed by atoms with Gasteiger partial charge in [-0.15, -0.1) is 5.23 Å². The van der Waals surface area contributed by atoms with Gasteiger partial charge in [-0.3, -0.25) is 10.4 Å². The Hall–Kier alpha value is -0.678. The molecule has 0 heterocycles. The van der Waals surface area contributed by atoms with Crippen LogP contribution in [-0.4, -0.2) is 18.1 Å². The standard InChI is InChI=1S/C9H13NO2.2H2O.O.Re/c1-3-8-7(2)5-4-6-9(8)10(11)12;;;;/h4-6,11-12H,3H2,1-2H3;2*1H2;;/q;;;;+2/p-2. The van der Waals surface area contributed by atoms with Crippen LogP contribution in [0.1, 0.15) is 18.1 Å². The fourth-order valence-electron chi connectivity index (χ4n) is 1.33. The monoisotopic (exact) mass is 404 g/mol. The Labute approximate surface area is 99.7 Å². The van der Waals surface area contributed by atoms with Crippen LogP contribution in [0, 0.1) is 6.92 Å². The van der Waals surface area contributed by atoms with Crippen molar-refractivity contribution in [3.05, 3.63) is 29.3 Å². The average molecular weight is 403 g/mol. The molecule has 7 heteroatoms. The molecule has 0 saturated carbocycles. The Balaban J connectivity index is 0.000000487. The molecule has 0 spiro atoms. The van der Waals surface area contributed by atoms with E-state index < -0.39 is 17.5 Å². The number of hydrogen-bond acceptors (Lipinski definition) is 4. The van der Waals surface area contributed by atoms with E-state index in [4.69, 9.17) is 21.5 Å². The first-order valence-corrected chi connectivity index (χ1v) is 7.96. The first kappa shape index (κ1) is 15.3. The van der Waals surface area contributed by atoms with Gasteiger partial charge in [0, 0.05) is 0 Å². The molecule has 1 aromatic carbocycles. The predicted octanol–water partition coefficient (Wildman–Crippen LogP) is 0.907. The Bertz CT molecular complexity index is 352. The zero-order valence-electron chi connectivity index (χ0n) is 8.96. The maximum atomic E-state index is 8.85. The van der Waals surface area contributed by atoms with Crippen molar-refractivity contribution in [1.82, 2.24) is 0 Å². The van der Waals surface area contributed by atoms with E-state index in [0.717, 1.165) is 17.5 Å². The van der Waals surface area contributed by atoms with Crippen LogP contribution in [0.4, 0.5) is 5.69 Å². The van der Waals surface area contributed by atoms with E-state index in [1.165, 1.54) is 0 Å². The second kappa shape index (κ2) is 7.57. The number of anilines is 1. The zero-order chi connectivity index (χ0) is 12.7. The molecule has 0 aliphatic rings. The van der Waals surface area contributed by atoms with Crippen LogP contribution >= 0.6 is 0 Å². The second-order valence-corrected chi connectivity index (χ2v) is 4.46. The predicted molar refractivity (Wildman–Crippen MR) is 51.7 cm³/mol. The molecule has 1 aromatic rings. The normalized spacial score (nSPS) is 9.69. The van der Waals surface area contributed by atoms with E-state index >= 15 is 0 Å². The van der Waals surface area contributed by atoms with Gasteiger partial charge in [-0.05, 0) is 30.5 Å². The van der Waals surface area contributed by atoms with Crippen molar-refractivity contribution >= 4 is 5.69 Å². The van der Waals surface area contributed by atoms with Gasteiger partial charge < -0.3 is 0 Å². The molecular formula is C9H15NO5Re. The van der Waals surface area contributed by atoms with Gasteiger partial charge in [0.1, 0.15) is 0 Å². The van der Waals surface area contributed by atoms with Crippen molar-refractivity contribution < 1.29 is 39.0 Å². The van der Waals surface area contributed by atoms with E-state index in [1.807, 2.05) is 19.9 Å². The number of benzene rings is 1. The number of hydrogen-bond donors (Lipinski definition) is 4. The van der Waals surface area contributed by atoms with Crippen molar-refractivity contribution in [2.75, 3.05) is 5.23 Å². The molecule has 0 aliphatic heterocycles. The van der Waals surface area contributed by atoms with Gasteiger partial charge in [0.25, 0.3) is 0 Å². The van der Waals surface area contributed by atoms with Crippen LogP contribution in [-0.2, 0) is 27.4 Å².